The second kappa shape index (κ2) is 11.8. The van der Waals surface area contributed by atoms with E-state index in [0.29, 0.717) is 23.1 Å². The van der Waals surface area contributed by atoms with Crippen LogP contribution in [0.25, 0.3) is 0 Å². The van der Waals surface area contributed by atoms with Crippen LogP contribution >= 0.6 is 36.4 Å². The third-order valence-electron chi connectivity index (χ3n) is 3.20. The smallest absolute Gasteiger partial charge is 0.228 e. The molecule has 8 heteroatoms. The summed E-state index contributed by atoms with van der Waals surface area (Å²) >= 11 is 6.16. The lowest BCUT2D eigenvalue weighted by molar-refractivity contribution is -0.119. The van der Waals surface area contributed by atoms with Gasteiger partial charge < -0.3 is 20.7 Å². The zero-order valence-corrected chi connectivity index (χ0v) is 16.2. The number of nitrogens with one attached hydrogen (secondary N) is 1. The van der Waals surface area contributed by atoms with Crippen molar-refractivity contribution in [2.24, 2.45) is 11.7 Å². The molecule has 0 aliphatic rings. The molecule has 0 radical (unpaired) electrons. The number of halogens is 3. The first-order valence-corrected chi connectivity index (χ1v) is 7.32. The molecule has 0 saturated heterocycles. The standard InChI is InChI=1S/C15H24ClN3O2.2ClH/c1-10(11(2)17)15(20)18-12-5-6-14(13(16)9-12)21-8-7-19(3)4;;/h5-6,9-11H,7-8,17H2,1-4H3,(H,18,20);2*1H. The van der Waals surface area contributed by atoms with Crippen molar-refractivity contribution < 1.29 is 9.53 Å². The summed E-state index contributed by atoms with van der Waals surface area (Å²) in [5.74, 6) is 0.221. The Labute approximate surface area is 155 Å². The van der Waals surface area contributed by atoms with Gasteiger partial charge in [0.25, 0.3) is 0 Å². The minimum atomic E-state index is -0.264. The number of rotatable bonds is 7. The molecular weight excluding hydrogens is 361 g/mol. The topological polar surface area (TPSA) is 67.6 Å². The minimum absolute atomic E-state index is 0. The predicted octanol–water partition coefficient (Wildman–Crippen LogP) is 3.05. The van der Waals surface area contributed by atoms with Crippen LogP contribution in [0.1, 0.15) is 13.8 Å². The first kappa shape index (κ1) is 24.5. The monoisotopic (exact) mass is 385 g/mol. The number of nitrogens with two attached hydrogens (primary N) is 1. The Morgan fingerprint density at radius 3 is 2.43 bits per heavy atom. The van der Waals surface area contributed by atoms with Crippen LogP contribution in [-0.4, -0.2) is 44.1 Å². The molecule has 0 aliphatic heterocycles. The molecule has 2 unspecified atom stereocenters. The summed E-state index contributed by atoms with van der Waals surface area (Å²) in [6.45, 7) is 4.96. The molecule has 0 fully saturated rings. The van der Waals surface area contributed by atoms with E-state index < -0.39 is 0 Å². The molecule has 1 aromatic rings. The van der Waals surface area contributed by atoms with Crippen LogP contribution in [0.5, 0.6) is 5.75 Å². The van der Waals surface area contributed by atoms with Crippen molar-refractivity contribution in [1.82, 2.24) is 4.90 Å². The molecule has 0 aliphatic carbocycles. The number of nitrogens with zero attached hydrogens (tertiary/aromatic N) is 1. The largest absolute Gasteiger partial charge is 0.491 e. The number of ether oxygens (including phenoxy) is 1. The SMILES string of the molecule is CC(N)C(C)C(=O)Nc1ccc(OCCN(C)C)c(Cl)c1.Cl.Cl. The maximum atomic E-state index is 11.9. The maximum absolute atomic E-state index is 11.9. The number of benzene rings is 1. The minimum Gasteiger partial charge on any atom is -0.491 e. The number of carbonyl (C=O) groups is 1. The van der Waals surface area contributed by atoms with Gasteiger partial charge in [-0.15, -0.1) is 24.8 Å². The molecule has 0 heterocycles. The van der Waals surface area contributed by atoms with Gasteiger partial charge in [-0.05, 0) is 39.2 Å². The lowest BCUT2D eigenvalue weighted by Crippen LogP contribution is -2.34. The maximum Gasteiger partial charge on any atom is 0.228 e. The van der Waals surface area contributed by atoms with Gasteiger partial charge in [-0.25, -0.2) is 0 Å². The van der Waals surface area contributed by atoms with E-state index >= 15 is 0 Å². The quantitative estimate of drug-likeness (QED) is 0.756. The summed E-state index contributed by atoms with van der Waals surface area (Å²) in [6.07, 6.45) is 0. The van der Waals surface area contributed by atoms with Crippen LogP contribution in [0.15, 0.2) is 18.2 Å². The second-order valence-electron chi connectivity index (χ2n) is 5.43. The average Bonchev–Trinajstić information content (AvgIpc) is 2.39. The van der Waals surface area contributed by atoms with Crippen LogP contribution in [0.3, 0.4) is 0 Å². The van der Waals surface area contributed by atoms with E-state index in [2.05, 4.69) is 5.32 Å². The van der Waals surface area contributed by atoms with Gasteiger partial charge in [0.1, 0.15) is 12.4 Å². The van der Waals surface area contributed by atoms with Gasteiger partial charge in [0.15, 0.2) is 0 Å². The Kier molecular flexibility index (Phi) is 12.5. The number of amides is 1. The molecule has 0 aromatic heterocycles. The van der Waals surface area contributed by atoms with E-state index in [1.807, 2.05) is 19.0 Å². The molecule has 2 atom stereocenters. The van der Waals surface area contributed by atoms with Gasteiger partial charge in [0.2, 0.25) is 5.91 Å². The molecular formula is C15H26Cl3N3O2. The molecule has 1 amide bonds. The van der Waals surface area contributed by atoms with E-state index in [4.69, 9.17) is 22.1 Å². The molecule has 0 bridgehead atoms. The molecule has 1 aromatic carbocycles. The average molecular weight is 387 g/mol. The van der Waals surface area contributed by atoms with E-state index in [0.717, 1.165) is 6.54 Å². The Morgan fingerprint density at radius 2 is 1.96 bits per heavy atom. The number of hydrogen-bond donors (Lipinski definition) is 2. The zero-order chi connectivity index (χ0) is 16.0. The number of likely N-dealkylation sites (N-methyl/N-ethyl adjacent to an activating group) is 1. The van der Waals surface area contributed by atoms with Crippen LogP contribution in [0, 0.1) is 5.92 Å². The molecule has 5 nitrogen and oxygen atoms in total. The van der Waals surface area contributed by atoms with Gasteiger partial charge in [0.05, 0.1) is 10.9 Å². The fourth-order valence-corrected chi connectivity index (χ4v) is 1.76. The Morgan fingerprint density at radius 1 is 1.35 bits per heavy atom. The molecule has 3 N–H and O–H groups in total. The van der Waals surface area contributed by atoms with Crippen molar-refractivity contribution in [3.63, 3.8) is 0 Å². The van der Waals surface area contributed by atoms with Crippen molar-refractivity contribution in [2.45, 2.75) is 19.9 Å². The first-order chi connectivity index (χ1) is 9.81. The van der Waals surface area contributed by atoms with Crippen molar-refractivity contribution in [3.05, 3.63) is 23.2 Å². The molecule has 134 valence electrons. The summed E-state index contributed by atoms with van der Waals surface area (Å²) < 4.78 is 5.59. The van der Waals surface area contributed by atoms with Gasteiger partial charge in [-0.1, -0.05) is 18.5 Å². The second-order valence-corrected chi connectivity index (χ2v) is 5.84. The van der Waals surface area contributed by atoms with E-state index in [1.54, 1.807) is 32.0 Å². The van der Waals surface area contributed by atoms with Crippen molar-refractivity contribution in [2.75, 3.05) is 32.6 Å². The Balaban J connectivity index is 0. The van der Waals surface area contributed by atoms with Crippen LogP contribution in [0.4, 0.5) is 5.69 Å². The molecule has 0 spiro atoms. The van der Waals surface area contributed by atoms with Gasteiger partial charge in [-0.2, -0.15) is 0 Å². The summed E-state index contributed by atoms with van der Waals surface area (Å²) in [6, 6.07) is 5.00. The summed E-state index contributed by atoms with van der Waals surface area (Å²) in [7, 11) is 3.95. The third kappa shape index (κ3) is 8.63. The summed E-state index contributed by atoms with van der Waals surface area (Å²) in [4.78, 5) is 14.0. The van der Waals surface area contributed by atoms with E-state index in [9.17, 15) is 4.79 Å². The zero-order valence-electron chi connectivity index (χ0n) is 13.8. The predicted molar refractivity (Wildman–Crippen MR) is 101 cm³/mol. The summed E-state index contributed by atoms with van der Waals surface area (Å²) in [5, 5.41) is 3.27. The lowest BCUT2D eigenvalue weighted by Gasteiger charge is -2.16. The number of carbonyl (C=O) groups excluding carboxylic acids is 1. The number of anilines is 1. The Hall–Kier alpha value is -0.720. The van der Waals surface area contributed by atoms with Crippen LogP contribution in [-0.2, 0) is 4.79 Å². The van der Waals surface area contributed by atoms with Crippen molar-refractivity contribution >= 4 is 48.0 Å². The first-order valence-electron chi connectivity index (χ1n) is 6.94. The fraction of sp³-hybridized carbons (Fsp3) is 0.533. The normalized spacial score (nSPS) is 12.7. The highest BCUT2D eigenvalue weighted by Crippen LogP contribution is 2.28. The van der Waals surface area contributed by atoms with Crippen molar-refractivity contribution in [3.8, 4) is 5.75 Å². The van der Waals surface area contributed by atoms with E-state index in [1.165, 1.54) is 0 Å². The van der Waals surface area contributed by atoms with Gasteiger partial charge in [-0.3, -0.25) is 4.79 Å². The Bertz CT molecular complexity index is 485. The molecule has 23 heavy (non-hydrogen) atoms. The highest BCUT2D eigenvalue weighted by molar-refractivity contribution is 6.32. The van der Waals surface area contributed by atoms with Crippen molar-refractivity contribution in [1.29, 1.82) is 0 Å². The lowest BCUT2D eigenvalue weighted by atomic mass is 10.0. The van der Waals surface area contributed by atoms with Gasteiger partial charge in [0, 0.05) is 18.3 Å². The van der Waals surface area contributed by atoms with Crippen LogP contribution in [0.2, 0.25) is 5.02 Å². The molecule has 1 rings (SSSR count). The van der Waals surface area contributed by atoms with Crippen LogP contribution < -0.4 is 15.8 Å². The van der Waals surface area contributed by atoms with Gasteiger partial charge >= 0.3 is 0 Å². The highest BCUT2D eigenvalue weighted by atomic mass is 35.5. The summed E-state index contributed by atoms with van der Waals surface area (Å²) in [5.41, 5.74) is 6.35. The molecule has 0 saturated carbocycles. The van der Waals surface area contributed by atoms with E-state index in [-0.39, 0.29) is 42.7 Å². The third-order valence-corrected chi connectivity index (χ3v) is 3.49. The number of hydrogen-bond acceptors (Lipinski definition) is 4. The fourth-order valence-electron chi connectivity index (χ4n) is 1.53. The highest BCUT2D eigenvalue weighted by Gasteiger charge is 2.17.